The van der Waals surface area contributed by atoms with Crippen molar-refractivity contribution in [2.24, 2.45) is 17.8 Å². The maximum Gasteiger partial charge on any atom is 0.305 e. The van der Waals surface area contributed by atoms with E-state index < -0.39 is 0 Å². The van der Waals surface area contributed by atoms with Crippen LogP contribution >= 0.6 is 0 Å². The number of carbonyl (C=O) groups is 1. The summed E-state index contributed by atoms with van der Waals surface area (Å²) in [6.07, 6.45) is 17.4. The molecule has 1 aliphatic rings. The summed E-state index contributed by atoms with van der Waals surface area (Å²) in [5.74, 6) is 2.26. The lowest BCUT2D eigenvalue weighted by atomic mass is 9.89. The van der Waals surface area contributed by atoms with Gasteiger partial charge in [0.15, 0.2) is 0 Å². The molecule has 24 heavy (non-hydrogen) atoms. The van der Waals surface area contributed by atoms with Gasteiger partial charge in [-0.25, -0.2) is 0 Å². The number of hydrogen-bond donors (Lipinski definition) is 0. The van der Waals surface area contributed by atoms with E-state index >= 15 is 0 Å². The lowest BCUT2D eigenvalue weighted by molar-refractivity contribution is -0.145. The predicted molar refractivity (Wildman–Crippen MR) is 103 cm³/mol. The molecule has 0 saturated heterocycles. The maximum absolute atomic E-state index is 11.9. The van der Waals surface area contributed by atoms with Crippen LogP contribution in [0, 0.1) is 17.8 Å². The molecule has 0 bridgehead atoms. The molecule has 0 aromatic carbocycles. The van der Waals surface area contributed by atoms with Crippen molar-refractivity contribution in [3.05, 3.63) is 0 Å². The summed E-state index contributed by atoms with van der Waals surface area (Å²) < 4.78 is 5.58. The van der Waals surface area contributed by atoms with E-state index in [1.54, 1.807) is 0 Å². The SMILES string of the molecule is CCCCCCCCCCCC(=O)OCC(CC)C1CCC(C)C1. The molecule has 142 valence electrons. The third-order valence-electron chi connectivity index (χ3n) is 5.87. The Morgan fingerprint density at radius 2 is 1.58 bits per heavy atom. The van der Waals surface area contributed by atoms with Crippen LogP contribution in [0.4, 0.5) is 0 Å². The van der Waals surface area contributed by atoms with Crippen molar-refractivity contribution in [1.82, 2.24) is 0 Å². The number of unbranched alkanes of at least 4 members (excludes halogenated alkanes) is 8. The quantitative estimate of drug-likeness (QED) is 0.254. The highest BCUT2D eigenvalue weighted by Gasteiger charge is 2.28. The summed E-state index contributed by atoms with van der Waals surface area (Å²) in [7, 11) is 0. The number of carbonyl (C=O) groups excluding carboxylic acids is 1. The molecule has 2 nitrogen and oxygen atoms in total. The van der Waals surface area contributed by atoms with Gasteiger partial charge >= 0.3 is 5.97 Å². The third kappa shape index (κ3) is 9.69. The van der Waals surface area contributed by atoms with E-state index in [4.69, 9.17) is 4.74 Å². The average molecular weight is 339 g/mol. The minimum Gasteiger partial charge on any atom is -0.465 e. The van der Waals surface area contributed by atoms with Crippen molar-refractivity contribution in [1.29, 1.82) is 0 Å². The first-order valence-electron chi connectivity index (χ1n) is 10.8. The number of rotatable bonds is 14. The van der Waals surface area contributed by atoms with Crippen LogP contribution < -0.4 is 0 Å². The summed E-state index contributed by atoms with van der Waals surface area (Å²) in [5, 5.41) is 0. The monoisotopic (exact) mass is 338 g/mol. The van der Waals surface area contributed by atoms with E-state index in [9.17, 15) is 4.79 Å². The Balaban J connectivity index is 1.97. The van der Waals surface area contributed by atoms with E-state index in [1.165, 1.54) is 70.6 Å². The highest BCUT2D eigenvalue weighted by atomic mass is 16.5. The molecular formula is C22H42O2. The van der Waals surface area contributed by atoms with Crippen LogP contribution in [-0.2, 0) is 9.53 Å². The van der Waals surface area contributed by atoms with Gasteiger partial charge in [-0.05, 0) is 43.4 Å². The highest BCUT2D eigenvalue weighted by Crippen LogP contribution is 2.36. The minimum absolute atomic E-state index is 0.0300. The zero-order valence-corrected chi connectivity index (χ0v) is 16.7. The number of hydrogen-bond acceptors (Lipinski definition) is 2. The van der Waals surface area contributed by atoms with Crippen molar-refractivity contribution in [2.45, 2.75) is 111 Å². The molecule has 0 radical (unpaired) electrons. The Hall–Kier alpha value is -0.530. The Labute approximate surface area is 151 Å². The van der Waals surface area contributed by atoms with Gasteiger partial charge in [0.25, 0.3) is 0 Å². The Morgan fingerprint density at radius 3 is 2.12 bits per heavy atom. The average Bonchev–Trinajstić information content (AvgIpc) is 3.00. The smallest absolute Gasteiger partial charge is 0.305 e. The molecular weight excluding hydrogens is 296 g/mol. The first-order valence-corrected chi connectivity index (χ1v) is 10.8. The molecule has 3 atom stereocenters. The van der Waals surface area contributed by atoms with Crippen LogP contribution in [0.15, 0.2) is 0 Å². The lowest BCUT2D eigenvalue weighted by Crippen LogP contribution is -2.20. The molecule has 1 rings (SSSR count). The fourth-order valence-corrected chi connectivity index (χ4v) is 4.12. The fourth-order valence-electron chi connectivity index (χ4n) is 4.12. The Kier molecular flexibility index (Phi) is 12.3. The van der Waals surface area contributed by atoms with Crippen LogP contribution in [0.2, 0.25) is 0 Å². The molecule has 0 heterocycles. The summed E-state index contributed by atoms with van der Waals surface area (Å²) in [4.78, 5) is 11.9. The van der Waals surface area contributed by atoms with Crippen molar-refractivity contribution >= 4 is 5.97 Å². The van der Waals surface area contributed by atoms with Gasteiger partial charge in [-0.3, -0.25) is 4.79 Å². The molecule has 0 aromatic heterocycles. The van der Waals surface area contributed by atoms with Crippen molar-refractivity contribution in [2.75, 3.05) is 6.61 Å². The van der Waals surface area contributed by atoms with Gasteiger partial charge in [0.05, 0.1) is 6.61 Å². The first-order chi connectivity index (χ1) is 11.7. The standard InChI is InChI=1S/C22H42O2/c1-4-6-7-8-9-10-11-12-13-14-22(23)24-18-20(5-2)21-16-15-19(3)17-21/h19-21H,4-18H2,1-3H3. The van der Waals surface area contributed by atoms with Crippen LogP contribution in [-0.4, -0.2) is 12.6 Å². The van der Waals surface area contributed by atoms with Crippen molar-refractivity contribution in [3.8, 4) is 0 Å². The Morgan fingerprint density at radius 1 is 0.958 bits per heavy atom. The van der Waals surface area contributed by atoms with Crippen molar-refractivity contribution < 1.29 is 9.53 Å². The van der Waals surface area contributed by atoms with Gasteiger partial charge in [0.2, 0.25) is 0 Å². The summed E-state index contributed by atoms with van der Waals surface area (Å²) in [6, 6.07) is 0. The van der Waals surface area contributed by atoms with Gasteiger partial charge in [0, 0.05) is 6.42 Å². The van der Waals surface area contributed by atoms with Crippen LogP contribution in [0.25, 0.3) is 0 Å². The van der Waals surface area contributed by atoms with Crippen molar-refractivity contribution in [3.63, 3.8) is 0 Å². The summed E-state index contributed by atoms with van der Waals surface area (Å²) in [5.41, 5.74) is 0. The largest absolute Gasteiger partial charge is 0.465 e. The van der Waals surface area contributed by atoms with E-state index in [1.807, 2.05) is 0 Å². The van der Waals surface area contributed by atoms with Crippen LogP contribution in [0.1, 0.15) is 111 Å². The molecule has 0 aromatic rings. The van der Waals surface area contributed by atoms with E-state index in [2.05, 4.69) is 20.8 Å². The van der Waals surface area contributed by atoms with Gasteiger partial charge in [-0.1, -0.05) is 78.6 Å². The zero-order valence-electron chi connectivity index (χ0n) is 16.7. The highest BCUT2D eigenvalue weighted by molar-refractivity contribution is 5.69. The van der Waals surface area contributed by atoms with Gasteiger partial charge < -0.3 is 4.74 Å². The molecule has 2 heteroatoms. The molecule has 1 fully saturated rings. The van der Waals surface area contributed by atoms with E-state index in [-0.39, 0.29) is 5.97 Å². The molecule has 0 aliphatic heterocycles. The topological polar surface area (TPSA) is 26.3 Å². The van der Waals surface area contributed by atoms with E-state index in [0.717, 1.165) is 24.7 Å². The van der Waals surface area contributed by atoms with E-state index in [0.29, 0.717) is 18.9 Å². The normalized spacial score (nSPS) is 21.8. The van der Waals surface area contributed by atoms with Gasteiger partial charge in [0.1, 0.15) is 0 Å². The van der Waals surface area contributed by atoms with Gasteiger partial charge in [-0.15, -0.1) is 0 Å². The second kappa shape index (κ2) is 13.7. The Bertz CT molecular complexity index is 313. The second-order valence-electron chi connectivity index (χ2n) is 8.11. The molecule has 0 amide bonds. The second-order valence-corrected chi connectivity index (χ2v) is 8.11. The number of ether oxygens (including phenoxy) is 1. The first kappa shape index (κ1) is 21.5. The molecule has 3 unspecified atom stereocenters. The molecule has 1 saturated carbocycles. The van der Waals surface area contributed by atoms with Crippen LogP contribution in [0.5, 0.6) is 0 Å². The lowest BCUT2D eigenvalue weighted by Gasteiger charge is -2.22. The summed E-state index contributed by atoms with van der Waals surface area (Å²) in [6.45, 7) is 7.50. The predicted octanol–water partition coefficient (Wildman–Crippen LogP) is 6.91. The number of esters is 1. The molecule has 0 spiro atoms. The third-order valence-corrected chi connectivity index (χ3v) is 5.87. The molecule has 1 aliphatic carbocycles. The van der Waals surface area contributed by atoms with Gasteiger partial charge in [-0.2, -0.15) is 0 Å². The maximum atomic E-state index is 11.9. The molecule has 0 N–H and O–H groups in total. The van der Waals surface area contributed by atoms with Crippen LogP contribution in [0.3, 0.4) is 0 Å². The zero-order chi connectivity index (χ0) is 17.6. The summed E-state index contributed by atoms with van der Waals surface area (Å²) >= 11 is 0. The minimum atomic E-state index is 0.0300. The fraction of sp³-hybridized carbons (Fsp3) is 0.955.